The molecule has 0 amide bonds. The number of rotatable bonds is 18. The summed E-state index contributed by atoms with van der Waals surface area (Å²) in [5, 5.41) is 105. The second-order valence-electron chi connectivity index (χ2n) is 26.9. The molecule has 4 aliphatic rings. The maximum Gasteiger partial charge on any atom is 0.190 e. The van der Waals surface area contributed by atoms with Crippen LogP contribution in [0.25, 0.3) is 98.3 Å². The minimum atomic E-state index is -0.881. The lowest BCUT2D eigenvalue weighted by molar-refractivity contribution is -0.118. The number of aromatic hydroxyl groups is 2. The van der Waals surface area contributed by atoms with Gasteiger partial charge in [0.05, 0.1) is 146 Å². The largest absolute Gasteiger partial charge is 0.504 e. The number of carbonyl (C=O) groups is 2. The number of methoxy groups -OCH3 is 2. The van der Waals surface area contributed by atoms with Crippen molar-refractivity contribution in [2.45, 2.75) is 130 Å². The Morgan fingerprint density at radius 3 is 1.12 bits per heavy atom. The van der Waals surface area contributed by atoms with Gasteiger partial charge in [0.1, 0.15) is 11.6 Å². The predicted octanol–water partition coefficient (Wildman–Crippen LogP) is 8.13. The molecule has 0 aromatic heterocycles. The van der Waals surface area contributed by atoms with Crippen LogP contribution in [0, 0.1) is 0 Å². The zero-order chi connectivity index (χ0) is 68.8. The highest BCUT2D eigenvalue weighted by Gasteiger charge is 2.44. The van der Waals surface area contributed by atoms with Crippen LogP contribution in [0.1, 0.15) is 125 Å². The molecule has 22 nitrogen and oxygen atoms in total. The van der Waals surface area contributed by atoms with E-state index in [9.17, 15) is 69.6 Å². The average molecular weight is 1310 g/mol. The highest BCUT2D eigenvalue weighted by atomic mass is 16.5. The number of aliphatic hydroxyl groups excluding tert-OH is 6. The van der Waals surface area contributed by atoms with Crippen molar-refractivity contribution in [1.82, 2.24) is 0 Å². The number of benzene rings is 10. The Balaban J connectivity index is 0.000000174. The van der Waals surface area contributed by atoms with E-state index in [0.717, 1.165) is 0 Å². The molecule has 4 atom stereocenters. The SMILES string of the molecule is COc1c(O)c2c(=O)cc(CO)c3c4c(CO)cc(=O)c5c6c(c7c(c(c1C(C(C)=O)C(C)=C7)c23)c54)NC(C)(C)C(CCOCCO)N6.COc1c(O)c2c(=O)cc(CO)c3c4c(CO)cc(=O)c5c6c(c7c(c(c1C(C(C)=O)C(C)=C7)c23)c54)NC(CCOCCO)C(C)(C)N6. The van der Waals surface area contributed by atoms with E-state index in [-0.39, 0.29) is 94.3 Å². The average Bonchev–Trinajstić information content (AvgIpc) is 1.12. The van der Waals surface area contributed by atoms with E-state index in [1.165, 1.54) is 52.3 Å². The Bertz CT molecular complexity index is 5310. The van der Waals surface area contributed by atoms with E-state index >= 15 is 0 Å². The molecule has 2 aliphatic heterocycles. The highest BCUT2D eigenvalue weighted by Crippen LogP contribution is 2.60. The molecule has 0 saturated carbocycles. The molecule has 4 unspecified atom stereocenters. The number of hydrogen-bond donors (Lipinski definition) is 12. The van der Waals surface area contributed by atoms with Crippen LogP contribution < -0.4 is 52.5 Å². The number of nitrogens with one attached hydrogen (secondary N) is 4. The first-order valence-electron chi connectivity index (χ1n) is 32.0. The van der Waals surface area contributed by atoms with Gasteiger partial charge in [-0.25, -0.2) is 0 Å². The number of phenolic OH excluding ortho intramolecular Hbond substituents is 2. The summed E-state index contributed by atoms with van der Waals surface area (Å²) >= 11 is 0. The van der Waals surface area contributed by atoms with Crippen molar-refractivity contribution in [2.75, 3.05) is 75.1 Å². The number of Topliss-reactive ketones (excluding diaryl/α,β-unsaturated/α-hetero) is 2. The molecule has 96 heavy (non-hydrogen) atoms. The van der Waals surface area contributed by atoms with E-state index in [0.29, 0.717) is 169 Å². The Morgan fingerprint density at radius 1 is 0.438 bits per heavy atom. The Morgan fingerprint density at radius 2 is 0.771 bits per heavy atom. The standard InChI is InChI=1S/2C37H38N2O9/c1-15-10-19-26-29-24(17(13-41)11-20(44)27(29)34-33(19)39-37(3,4)22(38-34)6-8-48-9-7-40)25-18(14-42)12-21(45)28-30(25)31(26)32(23(15)16(2)43)36(47-5)35(28)46;1-15-10-19-26-29-24(17(13-41)11-20(44)27(29)34-33(19)38-22(37(3,4)39-34)6-8-48-9-7-40)25-18(14-42)12-21(45)28-30(25)31(26)32(23(15)16(2)43)36(47-5)35(28)46/h2*10-12,22-23,38-42,46H,6-9,13-14H2,1-5H3. The summed E-state index contributed by atoms with van der Waals surface area (Å²) in [6.45, 7) is 13.6. The van der Waals surface area contributed by atoms with Crippen molar-refractivity contribution in [1.29, 1.82) is 0 Å². The van der Waals surface area contributed by atoms with Crippen LogP contribution >= 0.6 is 0 Å². The van der Waals surface area contributed by atoms with Gasteiger partial charge in [-0.2, -0.15) is 0 Å². The number of carbonyl (C=O) groups excluding carboxylic acids is 2. The minimum absolute atomic E-state index is 0.0116. The molecule has 10 aromatic rings. The Kier molecular flexibility index (Phi) is 16.3. The van der Waals surface area contributed by atoms with Gasteiger partial charge in [0, 0.05) is 67.8 Å². The van der Waals surface area contributed by atoms with Crippen molar-refractivity contribution >= 4 is 133 Å². The number of fused-ring (bicyclic) bond motifs is 8. The number of anilines is 4. The van der Waals surface area contributed by atoms with Gasteiger partial charge >= 0.3 is 0 Å². The molecule has 12 N–H and O–H groups in total. The van der Waals surface area contributed by atoms with Crippen molar-refractivity contribution in [3.63, 3.8) is 0 Å². The van der Waals surface area contributed by atoms with Gasteiger partial charge in [-0.1, -0.05) is 23.3 Å². The smallest absolute Gasteiger partial charge is 0.190 e. The van der Waals surface area contributed by atoms with E-state index in [2.05, 4.69) is 21.3 Å². The Labute approximate surface area is 548 Å². The topological polar surface area (TPSA) is 349 Å². The van der Waals surface area contributed by atoms with Crippen molar-refractivity contribution in [3.8, 4) is 23.0 Å². The zero-order valence-electron chi connectivity index (χ0n) is 54.9. The summed E-state index contributed by atoms with van der Waals surface area (Å²) < 4.78 is 22.8. The van der Waals surface area contributed by atoms with Crippen molar-refractivity contribution in [2.24, 2.45) is 0 Å². The van der Waals surface area contributed by atoms with E-state index in [1.54, 1.807) is 0 Å². The van der Waals surface area contributed by atoms with Gasteiger partial charge in [0.15, 0.2) is 44.7 Å². The normalized spacial score (nSPS) is 18.3. The second kappa shape index (κ2) is 23.9. The molecule has 2 aliphatic carbocycles. The number of allylic oxidation sites excluding steroid dienone is 2. The molecular weight excluding hydrogens is 1230 g/mol. The van der Waals surface area contributed by atoms with Crippen LogP contribution in [-0.2, 0) is 45.5 Å². The molecule has 0 saturated heterocycles. The van der Waals surface area contributed by atoms with Gasteiger partial charge in [0.2, 0.25) is 0 Å². The van der Waals surface area contributed by atoms with Crippen LogP contribution in [0.4, 0.5) is 22.7 Å². The van der Waals surface area contributed by atoms with Crippen LogP contribution in [0.15, 0.2) is 54.6 Å². The first-order valence-corrected chi connectivity index (χ1v) is 32.0. The highest BCUT2D eigenvalue weighted by molar-refractivity contribution is 6.42. The minimum Gasteiger partial charge on any atom is -0.504 e. The van der Waals surface area contributed by atoms with Crippen LogP contribution in [0.3, 0.4) is 0 Å². The van der Waals surface area contributed by atoms with E-state index in [1.807, 2.05) is 53.7 Å². The third kappa shape index (κ3) is 9.34. The molecule has 0 radical (unpaired) electrons. The first-order chi connectivity index (χ1) is 45.8. The zero-order valence-corrected chi connectivity index (χ0v) is 54.9. The van der Waals surface area contributed by atoms with Gasteiger partial charge in [-0.05, 0) is 147 Å². The quantitative estimate of drug-likeness (QED) is 0.0219. The number of hydrogen-bond acceptors (Lipinski definition) is 22. The molecule has 0 bridgehead atoms. The summed E-state index contributed by atoms with van der Waals surface area (Å²) in [4.78, 5) is 83.2. The first kappa shape index (κ1) is 65.6. The number of ether oxygens (including phenoxy) is 4. The third-order valence-corrected chi connectivity index (χ3v) is 20.5. The maximum absolute atomic E-state index is 14.3. The molecule has 14 rings (SSSR count). The molecule has 0 fully saturated rings. The van der Waals surface area contributed by atoms with Gasteiger partial charge in [-0.3, -0.25) is 28.8 Å². The van der Waals surface area contributed by atoms with Gasteiger partial charge in [-0.15, -0.1) is 0 Å². The maximum atomic E-state index is 14.3. The van der Waals surface area contributed by atoms with E-state index < -0.39 is 71.7 Å². The lowest BCUT2D eigenvalue weighted by Crippen LogP contribution is -2.52. The summed E-state index contributed by atoms with van der Waals surface area (Å²) in [5.41, 5.74) is 3.99. The van der Waals surface area contributed by atoms with Crippen LogP contribution in [-0.4, -0.2) is 129 Å². The van der Waals surface area contributed by atoms with Gasteiger partial charge < -0.3 is 81.1 Å². The molecule has 10 aromatic carbocycles. The summed E-state index contributed by atoms with van der Waals surface area (Å²) in [6.07, 6.45) is 4.94. The lowest BCUT2D eigenvalue weighted by Gasteiger charge is -2.44. The van der Waals surface area contributed by atoms with Crippen LogP contribution in [0.2, 0.25) is 0 Å². The molecule has 0 spiro atoms. The molecule has 22 heteroatoms. The fraction of sp³-hybridized carbons (Fsp3) is 0.378. The summed E-state index contributed by atoms with van der Waals surface area (Å²) in [7, 11) is 2.74. The summed E-state index contributed by atoms with van der Waals surface area (Å²) in [6, 6.07) is 4.88. The van der Waals surface area contributed by atoms with E-state index in [4.69, 9.17) is 18.9 Å². The monoisotopic (exact) mass is 1310 g/mol. The third-order valence-electron chi connectivity index (χ3n) is 20.5. The fourth-order valence-corrected chi connectivity index (χ4v) is 16.6. The number of ketones is 2. The second-order valence-corrected chi connectivity index (χ2v) is 26.9. The van der Waals surface area contributed by atoms with Crippen molar-refractivity contribution in [3.05, 3.63) is 121 Å². The fourth-order valence-electron chi connectivity index (χ4n) is 16.6. The molecular formula is C74H76N4O18. The predicted molar refractivity (Wildman–Crippen MR) is 372 cm³/mol. The lowest BCUT2D eigenvalue weighted by atomic mass is 9.78. The van der Waals surface area contributed by atoms with Crippen LogP contribution in [0.5, 0.6) is 23.0 Å². The molecule has 2 heterocycles. The number of phenols is 2. The number of aliphatic hydroxyl groups is 6. The molecule has 500 valence electrons. The Hall–Kier alpha value is -9.10. The summed E-state index contributed by atoms with van der Waals surface area (Å²) in [5.74, 6) is -3.05. The van der Waals surface area contributed by atoms with Gasteiger partial charge in [0.25, 0.3) is 0 Å². The van der Waals surface area contributed by atoms with Crippen molar-refractivity contribution < 1.29 is 69.4 Å².